The third-order valence-corrected chi connectivity index (χ3v) is 3.10. The summed E-state index contributed by atoms with van der Waals surface area (Å²) < 4.78 is 0. The van der Waals surface area contributed by atoms with Crippen LogP contribution in [0, 0.1) is 0 Å². The van der Waals surface area contributed by atoms with Crippen LogP contribution >= 0.6 is 0 Å². The van der Waals surface area contributed by atoms with Crippen LogP contribution in [0.25, 0.3) is 22.3 Å². The van der Waals surface area contributed by atoms with Crippen molar-refractivity contribution in [2.24, 2.45) is 0 Å². The maximum atomic E-state index is 5.94. The molecule has 0 fully saturated rings. The molecule has 0 radical (unpaired) electrons. The van der Waals surface area contributed by atoms with E-state index in [-0.39, 0.29) is 0 Å². The zero-order valence-electron chi connectivity index (χ0n) is 10.4. The fraction of sp³-hybridized carbons (Fsp3) is 0.231. The highest BCUT2D eigenvalue weighted by Gasteiger charge is 2.13. The maximum Gasteiger partial charge on any atom is 0.139 e. The van der Waals surface area contributed by atoms with Gasteiger partial charge >= 0.3 is 0 Å². The molecule has 0 spiro atoms. The Kier molecular flexibility index (Phi) is 2.33. The van der Waals surface area contributed by atoms with E-state index in [4.69, 9.17) is 5.73 Å². The molecule has 0 aliphatic carbocycles. The van der Waals surface area contributed by atoms with Crippen LogP contribution in [-0.2, 0) is 0 Å². The molecule has 0 aliphatic rings. The molecule has 0 aliphatic heterocycles. The van der Waals surface area contributed by atoms with Gasteiger partial charge in [-0.15, -0.1) is 0 Å². The Hall–Kier alpha value is -2.30. The van der Waals surface area contributed by atoms with Gasteiger partial charge in [0.25, 0.3) is 0 Å². The number of nitrogen functional groups attached to an aromatic ring is 1. The molecule has 3 aromatic rings. The van der Waals surface area contributed by atoms with Crippen molar-refractivity contribution in [2.45, 2.75) is 19.8 Å². The number of H-pyrrole nitrogens is 2. The summed E-state index contributed by atoms with van der Waals surface area (Å²) in [6.45, 7) is 4.26. The monoisotopic (exact) mass is 241 g/mol. The third kappa shape index (κ3) is 1.55. The zero-order chi connectivity index (χ0) is 12.7. The van der Waals surface area contributed by atoms with Gasteiger partial charge < -0.3 is 10.7 Å². The maximum absolute atomic E-state index is 5.94. The Morgan fingerprint density at radius 1 is 1.33 bits per heavy atom. The molecule has 5 nitrogen and oxygen atoms in total. The summed E-state index contributed by atoms with van der Waals surface area (Å²) >= 11 is 0. The van der Waals surface area contributed by atoms with Crippen LogP contribution in [0.2, 0.25) is 0 Å². The second-order valence-electron chi connectivity index (χ2n) is 4.70. The molecule has 3 heterocycles. The second kappa shape index (κ2) is 3.87. The Balaban J connectivity index is 2.20. The fourth-order valence-electron chi connectivity index (χ4n) is 2.14. The number of pyridine rings is 1. The molecule has 3 aromatic heterocycles. The van der Waals surface area contributed by atoms with E-state index >= 15 is 0 Å². The van der Waals surface area contributed by atoms with Crippen molar-refractivity contribution in [2.75, 3.05) is 5.73 Å². The number of nitrogens with zero attached hydrogens (tertiary/aromatic N) is 2. The molecule has 4 N–H and O–H groups in total. The van der Waals surface area contributed by atoms with E-state index < -0.39 is 0 Å². The first-order chi connectivity index (χ1) is 8.66. The van der Waals surface area contributed by atoms with Gasteiger partial charge in [0, 0.05) is 28.5 Å². The van der Waals surface area contributed by atoms with Crippen LogP contribution in [0.4, 0.5) is 5.69 Å². The zero-order valence-corrected chi connectivity index (χ0v) is 10.4. The summed E-state index contributed by atoms with van der Waals surface area (Å²) in [6.07, 6.45) is 3.53. The van der Waals surface area contributed by atoms with Crippen LogP contribution in [0.3, 0.4) is 0 Å². The number of aromatic amines is 2. The van der Waals surface area contributed by atoms with E-state index in [1.165, 1.54) is 0 Å². The quantitative estimate of drug-likeness (QED) is 0.645. The number of anilines is 1. The van der Waals surface area contributed by atoms with Gasteiger partial charge in [-0.3, -0.25) is 5.10 Å². The molecule has 92 valence electrons. The molecule has 0 amide bonds. The predicted octanol–water partition coefficient (Wildman–Crippen LogP) is 2.66. The summed E-state index contributed by atoms with van der Waals surface area (Å²) in [7, 11) is 0. The van der Waals surface area contributed by atoms with Gasteiger partial charge in [0.1, 0.15) is 5.65 Å². The van der Waals surface area contributed by atoms with Crippen molar-refractivity contribution in [3.05, 3.63) is 30.2 Å². The molecule has 0 unspecified atom stereocenters. The van der Waals surface area contributed by atoms with Crippen LogP contribution in [0.15, 0.2) is 24.5 Å². The number of hydrogen-bond acceptors (Lipinski definition) is 3. The number of rotatable bonds is 2. The number of nitrogens with two attached hydrogens (primary N) is 1. The van der Waals surface area contributed by atoms with Crippen LogP contribution in [0.5, 0.6) is 0 Å². The summed E-state index contributed by atoms with van der Waals surface area (Å²) in [6, 6.07) is 3.83. The summed E-state index contributed by atoms with van der Waals surface area (Å²) in [5.74, 6) is 0.388. The molecule has 0 saturated carbocycles. The topological polar surface area (TPSA) is 83.4 Å². The molecule has 18 heavy (non-hydrogen) atoms. The van der Waals surface area contributed by atoms with E-state index in [0.29, 0.717) is 5.92 Å². The van der Waals surface area contributed by atoms with Gasteiger partial charge in [0.05, 0.1) is 11.9 Å². The van der Waals surface area contributed by atoms with Crippen molar-refractivity contribution in [3.8, 4) is 11.3 Å². The first-order valence-corrected chi connectivity index (χ1v) is 5.93. The average Bonchev–Trinajstić information content (AvgIpc) is 2.95. The number of aromatic nitrogens is 4. The Bertz CT molecular complexity index is 692. The minimum Gasteiger partial charge on any atom is -0.398 e. The minimum absolute atomic E-state index is 0.388. The standard InChI is InChI=1S/C13H15N5/c1-7(2)12-9(6-16-18-12)11-5-8-10(14)3-4-15-13(8)17-11/h3-7H,1-2H3,(H,16,18)(H3,14,15,17). The molecule has 3 rings (SSSR count). The summed E-state index contributed by atoms with van der Waals surface area (Å²) in [5.41, 5.74) is 10.7. The van der Waals surface area contributed by atoms with Gasteiger partial charge in [-0.2, -0.15) is 5.10 Å². The Morgan fingerprint density at radius 2 is 2.17 bits per heavy atom. The molecule has 0 aromatic carbocycles. The second-order valence-corrected chi connectivity index (χ2v) is 4.70. The van der Waals surface area contributed by atoms with E-state index in [2.05, 4.69) is 34.0 Å². The minimum atomic E-state index is 0.388. The van der Waals surface area contributed by atoms with Crippen molar-refractivity contribution >= 4 is 16.7 Å². The van der Waals surface area contributed by atoms with Gasteiger partial charge in [-0.1, -0.05) is 13.8 Å². The van der Waals surface area contributed by atoms with Crippen LogP contribution < -0.4 is 5.73 Å². The first-order valence-electron chi connectivity index (χ1n) is 5.93. The van der Waals surface area contributed by atoms with Crippen molar-refractivity contribution in [3.63, 3.8) is 0 Å². The van der Waals surface area contributed by atoms with E-state index in [9.17, 15) is 0 Å². The SMILES string of the molecule is CC(C)c1[nH]ncc1-c1cc2c(N)ccnc2[nH]1. The normalized spacial score (nSPS) is 11.5. The Labute approximate surface area is 104 Å². The third-order valence-electron chi connectivity index (χ3n) is 3.10. The lowest BCUT2D eigenvalue weighted by Crippen LogP contribution is -1.90. The van der Waals surface area contributed by atoms with Crippen molar-refractivity contribution < 1.29 is 0 Å². The van der Waals surface area contributed by atoms with Crippen LogP contribution in [0.1, 0.15) is 25.5 Å². The summed E-state index contributed by atoms with van der Waals surface area (Å²) in [5, 5.41) is 8.10. The first kappa shape index (κ1) is 10.8. The Morgan fingerprint density at radius 3 is 2.89 bits per heavy atom. The van der Waals surface area contributed by atoms with E-state index in [0.717, 1.165) is 33.7 Å². The number of fused-ring (bicyclic) bond motifs is 1. The van der Waals surface area contributed by atoms with Gasteiger partial charge in [-0.25, -0.2) is 4.98 Å². The van der Waals surface area contributed by atoms with Crippen molar-refractivity contribution in [1.82, 2.24) is 20.2 Å². The van der Waals surface area contributed by atoms with Crippen LogP contribution in [-0.4, -0.2) is 20.2 Å². The average molecular weight is 241 g/mol. The highest BCUT2D eigenvalue weighted by atomic mass is 15.1. The van der Waals surface area contributed by atoms with E-state index in [1.807, 2.05) is 12.3 Å². The summed E-state index contributed by atoms with van der Waals surface area (Å²) in [4.78, 5) is 7.56. The lowest BCUT2D eigenvalue weighted by atomic mass is 10.0. The van der Waals surface area contributed by atoms with Gasteiger partial charge in [0.15, 0.2) is 0 Å². The highest BCUT2D eigenvalue weighted by Crippen LogP contribution is 2.30. The molecule has 5 heteroatoms. The number of nitrogens with one attached hydrogen (secondary N) is 2. The van der Waals surface area contributed by atoms with Gasteiger partial charge in [0.2, 0.25) is 0 Å². The molecule has 0 atom stereocenters. The smallest absolute Gasteiger partial charge is 0.139 e. The fourth-order valence-corrected chi connectivity index (χ4v) is 2.14. The molecule has 0 bridgehead atoms. The largest absolute Gasteiger partial charge is 0.398 e. The van der Waals surface area contributed by atoms with Crippen molar-refractivity contribution in [1.29, 1.82) is 0 Å². The highest BCUT2D eigenvalue weighted by molar-refractivity contribution is 5.92. The molecular weight excluding hydrogens is 226 g/mol. The molecule has 0 saturated heterocycles. The number of hydrogen-bond donors (Lipinski definition) is 3. The lowest BCUT2D eigenvalue weighted by Gasteiger charge is -2.03. The van der Waals surface area contributed by atoms with Gasteiger partial charge in [-0.05, 0) is 18.1 Å². The predicted molar refractivity (Wildman–Crippen MR) is 72.2 cm³/mol. The lowest BCUT2D eigenvalue weighted by molar-refractivity contribution is 0.812. The molecular formula is C13H15N5. The van der Waals surface area contributed by atoms with E-state index in [1.54, 1.807) is 12.3 Å².